The predicted octanol–water partition coefficient (Wildman–Crippen LogP) is 9.50. The Balaban J connectivity index is 0.000000448. The zero-order valence-electron chi connectivity index (χ0n) is 20.1. The van der Waals surface area contributed by atoms with Gasteiger partial charge in [-0.3, -0.25) is 0 Å². The Kier molecular flexibility index (Phi) is 7.72. The number of aromatic amines is 1. The second kappa shape index (κ2) is 10.7. The van der Waals surface area contributed by atoms with Gasteiger partial charge in [0, 0.05) is 32.7 Å². The number of nitrogens with one attached hydrogen (secondary N) is 1. The van der Waals surface area contributed by atoms with Crippen LogP contribution in [0.3, 0.4) is 0 Å². The number of H-pyrrole nitrogens is 1. The summed E-state index contributed by atoms with van der Waals surface area (Å²) >= 11 is 0. The van der Waals surface area contributed by atoms with E-state index in [0.29, 0.717) is 0 Å². The largest absolute Gasteiger partial charge is 0.353 e. The van der Waals surface area contributed by atoms with Crippen molar-refractivity contribution in [3.05, 3.63) is 91.0 Å². The fourth-order valence-electron chi connectivity index (χ4n) is 4.22. The van der Waals surface area contributed by atoms with Gasteiger partial charge >= 0.3 is 0 Å². The zero-order valence-corrected chi connectivity index (χ0v) is 20.1. The highest BCUT2D eigenvalue weighted by Gasteiger charge is 2.16. The van der Waals surface area contributed by atoms with E-state index < -0.39 is 0 Å². The van der Waals surface area contributed by atoms with E-state index in [-0.39, 0.29) is 0 Å². The van der Waals surface area contributed by atoms with E-state index in [1.807, 2.05) is 41.5 Å². The molecule has 0 aliphatic carbocycles. The van der Waals surface area contributed by atoms with E-state index in [1.54, 1.807) is 0 Å². The Labute approximate surface area is 191 Å². The molecule has 0 amide bonds. The van der Waals surface area contributed by atoms with Crippen LogP contribution in [0.5, 0.6) is 0 Å². The first-order chi connectivity index (χ1) is 15.9. The van der Waals surface area contributed by atoms with Gasteiger partial charge in [0.2, 0.25) is 0 Å². The first kappa shape index (κ1) is 23.1. The maximum absolute atomic E-state index is 3.67. The summed E-state index contributed by atoms with van der Waals surface area (Å²) in [5.74, 6) is 0. The summed E-state index contributed by atoms with van der Waals surface area (Å²) in [6.07, 6.45) is 0. The lowest BCUT2D eigenvalue weighted by Crippen LogP contribution is -1.93. The van der Waals surface area contributed by atoms with Crippen LogP contribution in [0.25, 0.3) is 49.3 Å². The number of para-hydroxylation sites is 3. The Hall–Kier alpha value is -3.52. The van der Waals surface area contributed by atoms with E-state index in [2.05, 4.69) is 101 Å². The molecule has 2 heterocycles. The molecule has 32 heavy (non-hydrogen) atoms. The lowest BCUT2D eigenvalue weighted by molar-refractivity contribution is 1.18. The van der Waals surface area contributed by atoms with Crippen LogP contribution >= 0.6 is 0 Å². The van der Waals surface area contributed by atoms with Crippen LogP contribution in [-0.2, 0) is 0 Å². The number of benzene rings is 4. The number of hydrogen-bond acceptors (Lipinski definition) is 0. The molecule has 0 bridgehead atoms. The van der Waals surface area contributed by atoms with Gasteiger partial charge in [0.15, 0.2) is 0 Å². The van der Waals surface area contributed by atoms with Gasteiger partial charge in [-0.05, 0) is 24.3 Å². The Bertz CT molecular complexity index is 1420. The van der Waals surface area contributed by atoms with Gasteiger partial charge in [-0.1, -0.05) is 108 Å². The first-order valence-electron chi connectivity index (χ1n) is 11.9. The number of rotatable bonds is 1. The minimum Gasteiger partial charge on any atom is -0.353 e. The molecular weight excluding hydrogens is 388 g/mol. The normalized spacial score (nSPS) is 10.2. The first-order valence-corrected chi connectivity index (χ1v) is 11.9. The molecule has 0 aliphatic rings. The monoisotopic (exact) mass is 422 g/mol. The van der Waals surface area contributed by atoms with E-state index >= 15 is 0 Å². The van der Waals surface area contributed by atoms with Crippen LogP contribution in [0, 0.1) is 0 Å². The van der Waals surface area contributed by atoms with Crippen molar-refractivity contribution < 1.29 is 0 Å². The average Bonchev–Trinajstić information content (AvgIpc) is 3.44. The van der Waals surface area contributed by atoms with Crippen molar-refractivity contribution in [3.63, 3.8) is 0 Å². The molecule has 0 unspecified atom stereocenters. The summed E-state index contributed by atoms with van der Waals surface area (Å²) < 4.78 is 2.38. The molecule has 0 fully saturated rings. The minimum atomic E-state index is 1.18. The van der Waals surface area contributed by atoms with Crippen molar-refractivity contribution in [2.75, 3.05) is 0 Å². The number of fused-ring (bicyclic) bond motifs is 7. The topological polar surface area (TPSA) is 20.7 Å². The van der Waals surface area contributed by atoms with Crippen molar-refractivity contribution in [3.8, 4) is 5.69 Å². The van der Waals surface area contributed by atoms with Crippen LogP contribution < -0.4 is 0 Å². The molecule has 0 saturated heterocycles. The molecule has 0 saturated carbocycles. The fraction of sp³-hybridized carbons (Fsp3) is 0.200. The van der Waals surface area contributed by atoms with Gasteiger partial charge in [0.25, 0.3) is 0 Å². The van der Waals surface area contributed by atoms with Crippen LogP contribution in [0.1, 0.15) is 41.5 Å². The van der Waals surface area contributed by atoms with E-state index in [0.717, 1.165) is 0 Å². The molecule has 0 atom stereocenters. The summed E-state index contributed by atoms with van der Waals surface area (Å²) in [6, 6.07) is 32.3. The SMILES string of the molecule is CC.CC.CC.c1ccc(-n2c3ccccc3c3ccc4c5ccccc5[nH]c4c32)cc1. The molecule has 0 spiro atoms. The Morgan fingerprint density at radius 1 is 0.500 bits per heavy atom. The van der Waals surface area contributed by atoms with Crippen LogP contribution in [-0.4, -0.2) is 9.55 Å². The molecule has 2 nitrogen and oxygen atoms in total. The van der Waals surface area contributed by atoms with Gasteiger partial charge in [-0.2, -0.15) is 0 Å². The lowest BCUT2D eigenvalue weighted by atomic mass is 10.1. The maximum Gasteiger partial charge on any atom is 0.0783 e. The van der Waals surface area contributed by atoms with E-state index in [1.165, 1.54) is 49.3 Å². The summed E-state index contributed by atoms with van der Waals surface area (Å²) in [7, 11) is 0. The molecule has 2 aromatic heterocycles. The fourth-order valence-corrected chi connectivity index (χ4v) is 4.22. The van der Waals surface area contributed by atoms with E-state index in [9.17, 15) is 0 Å². The molecule has 0 radical (unpaired) electrons. The third-order valence-corrected chi connectivity index (χ3v) is 5.33. The van der Waals surface area contributed by atoms with Gasteiger partial charge < -0.3 is 9.55 Å². The quantitative estimate of drug-likeness (QED) is 0.272. The van der Waals surface area contributed by atoms with Crippen molar-refractivity contribution in [2.24, 2.45) is 0 Å². The zero-order chi connectivity index (χ0) is 23.1. The van der Waals surface area contributed by atoms with Crippen molar-refractivity contribution >= 4 is 43.6 Å². The molecule has 6 rings (SSSR count). The maximum atomic E-state index is 3.67. The summed E-state index contributed by atoms with van der Waals surface area (Å²) in [5, 5.41) is 5.11. The lowest BCUT2D eigenvalue weighted by Gasteiger charge is -2.08. The molecule has 4 aromatic carbocycles. The van der Waals surface area contributed by atoms with Crippen LogP contribution in [0.15, 0.2) is 91.0 Å². The highest BCUT2D eigenvalue weighted by Crippen LogP contribution is 2.38. The van der Waals surface area contributed by atoms with Crippen LogP contribution in [0.2, 0.25) is 0 Å². The highest BCUT2D eigenvalue weighted by molar-refractivity contribution is 6.22. The van der Waals surface area contributed by atoms with E-state index in [4.69, 9.17) is 0 Å². The van der Waals surface area contributed by atoms with Crippen molar-refractivity contribution in [1.29, 1.82) is 0 Å². The smallest absolute Gasteiger partial charge is 0.0783 e. The minimum absolute atomic E-state index is 1.18. The molecule has 6 aromatic rings. The van der Waals surface area contributed by atoms with Gasteiger partial charge in [-0.25, -0.2) is 0 Å². The second-order valence-electron chi connectivity index (χ2n) is 6.74. The third kappa shape index (κ3) is 3.78. The summed E-state index contributed by atoms with van der Waals surface area (Å²) in [5.41, 5.74) is 6.04. The number of nitrogens with zero attached hydrogens (tertiary/aromatic N) is 1. The predicted molar refractivity (Wildman–Crippen MR) is 144 cm³/mol. The summed E-state index contributed by atoms with van der Waals surface area (Å²) in [4.78, 5) is 3.67. The van der Waals surface area contributed by atoms with Crippen molar-refractivity contribution in [2.45, 2.75) is 41.5 Å². The Morgan fingerprint density at radius 3 is 1.78 bits per heavy atom. The summed E-state index contributed by atoms with van der Waals surface area (Å²) in [6.45, 7) is 12.0. The molecule has 164 valence electrons. The highest BCUT2D eigenvalue weighted by atomic mass is 15.0. The van der Waals surface area contributed by atoms with Gasteiger partial charge in [0.05, 0.1) is 16.6 Å². The molecule has 2 heteroatoms. The van der Waals surface area contributed by atoms with Gasteiger partial charge in [0.1, 0.15) is 0 Å². The Morgan fingerprint density at radius 2 is 1.06 bits per heavy atom. The number of hydrogen-bond donors (Lipinski definition) is 1. The average molecular weight is 423 g/mol. The molecule has 1 N–H and O–H groups in total. The van der Waals surface area contributed by atoms with Crippen molar-refractivity contribution in [1.82, 2.24) is 9.55 Å². The third-order valence-electron chi connectivity index (χ3n) is 5.33. The second-order valence-corrected chi connectivity index (χ2v) is 6.74. The molecule has 0 aliphatic heterocycles. The molecular formula is C30H34N2. The van der Waals surface area contributed by atoms with Gasteiger partial charge in [-0.15, -0.1) is 0 Å². The number of aromatic nitrogens is 2. The standard InChI is InChI=1S/C24H16N2.3C2H6/c1-2-8-16(9-3-1)26-22-13-7-5-11-18(22)20-15-14-19-17-10-4-6-12-21(17)25-23(19)24(20)26;3*1-2/h1-15,25H;3*1-2H3. The van der Waals surface area contributed by atoms with Crippen LogP contribution in [0.4, 0.5) is 0 Å².